The maximum atomic E-state index is 13.2. The summed E-state index contributed by atoms with van der Waals surface area (Å²) in [5, 5.41) is 13.0. The molecule has 0 unspecified atom stereocenters. The highest BCUT2D eigenvalue weighted by Gasteiger charge is 2.27. The molecule has 10 heteroatoms. The number of fused-ring (bicyclic) bond motifs is 3. The molecule has 0 aliphatic rings. The monoisotopic (exact) mass is 483 g/mol. The number of rotatable bonds is 5. The van der Waals surface area contributed by atoms with Crippen LogP contribution in [0.2, 0.25) is 10.0 Å². The average Bonchev–Trinajstić information content (AvgIpc) is 3.24. The van der Waals surface area contributed by atoms with Gasteiger partial charge in [0.1, 0.15) is 5.82 Å². The summed E-state index contributed by atoms with van der Waals surface area (Å²) in [5.41, 5.74) is 1.73. The van der Waals surface area contributed by atoms with Gasteiger partial charge in [-0.25, -0.2) is 13.4 Å². The largest absolute Gasteiger partial charge is 0.365 e. The maximum Gasteiger partial charge on any atom is 0.229 e. The Bertz CT molecular complexity index is 1550. The Hall–Kier alpha value is -3.20. The predicted octanol–water partition coefficient (Wildman–Crippen LogP) is 5.03. The molecule has 0 spiro atoms. The lowest BCUT2D eigenvalue weighted by Gasteiger charge is -2.11. The zero-order chi connectivity index (χ0) is 22.3. The van der Waals surface area contributed by atoms with Crippen LogP contribution in [0.4, 0.5) is 5.82 Å². The van der Waals surface area contributed by atoms with Gasteiger partial charge in [-0.3, -0.25) is 0 Å². The summed E-state index contributed by atoms with van der Waals surface area (Å²) in [6, 6.07) is 20.7. The molecule has 32 heavy (non-hydrogen) atoms. The summed E-state index contributed by atoms with van der Waals surface area (Å²) in [6.45, 7) is 0.449. The Balaban J connectivity index is 1.67. The lowest BCUT2D eigenvalue weighted by molar-refractivity contribution is 0.592. The quantitative estimate of drug-likeness (QED) is 0.377. The number of aromatic nitrogens is 4. The molecule has 3 aromatic carbocycles. The van der Waals surface area contributed by atoms with Gasteiger partial charge in [0.25, 0.3) is 0 Å². The highest BCUT2D eigenvalue weighted by atomic mass is 35.5. The van der Waals surface area contributed by atoms with Crippen molar-refractivity contribution >= 4 is 55.4 Å². The van der Waals surface area contributed by atoms with Crippen LogP contribution in [0, 0.1) is 0 Å². The zero-order valence-corrected chi connectivity index (χ0v) is 18.7. The molecule has 0 radical (unpaired) electrons. The van der Waals surface area contributed by atoms with E-state index in [-0.39, 0.29) is 15.6 Å². The first-order valence-corrected chi connectivity index (χ1v) is 11.8. The second kappa shape index (κ2) is 8.05. The van der Waals surface area contributed by atoms with Gasteiger partial charge in [-0.05, 0) is 48.0 Å². The van der Waals surface area contributed by atoms with Crippen molar-refractivity contribution in [3.63, 3.8) is 0 Å². The summed E-state index contributed by atoms with van der Waals surface area (Å²) in [6.07, 6.45) is 0. The predicted molar refractivity (Wildman–Crippen MR) is 124 cm³/mol. The van der Waals surface area contributed by atoms with Crippen molar-refractivity contribution in [2.75, 3.05) is 5.32 Å². The van der Waals surface area contributed by atoms with Crippen molar-refractivity contribution in [1.29, 1.82) is 0 Å². The highest BCUT2D eigenvalue weighted by molar-refractivity contribution is 7.91. The number of nitrogens with one attached hydrogen (secondary N) is 1. The van der Waals surface area contributed by atoms with E-state index < -0.39 is 9.84 Å². The molecule has 0 aliphatic heterocycles. The van der Waals surface area contributed by atoms with E-state index in [1.54, 1.807) is 48.5 Å². The van der Waals surface area contributed by atoms with E-state index in [4.69, 9.17) is 23.2 Å². The Morgan fingerprint density at radius 2 is 1.62 bits per heavy atom. The molecule has 2 aromatic heterocycles. The van der Waals surface area contributed by atoms with E-state index in [0.717, 1.165) is 5.56 Å². The maximum absolute atomic E-state index is 13.2. The number of halogens is 2. The lowest BCUT2D eigenvalue weighted by atomic mass is 10.2. The Morgan fingerprint density at radius 3 is 2.38 bits per heavy atom. The van der Waals surface area contributed by atoms with Crippen molar-refractivity contribution in [3.8, 4) is 0 Å². The van der Waals surface area contributed by atoms with Gasteiger partial charge in [-0.15, -0.1) is 5.10 Å². The summed E-state index contributed by atoms with van der Waals surface area (Å²) < 4.78 is 27.8. The van der Waals surface area contributed by atoms with E-state index in [9.17, 15) is 8.42 Å². The number of hydrogen-bond donors (Lipinski definition) is 1. The topological polar surface area (TPSA) is 89.2 Å². The Labute approximate surface area is 193 Å². The minimum Gasteiger partial charge on any atom is -0.365 e. The SMILES string of the molecule is O=S(=O)(c1ccccc1)c1nnn2c1nc(NCc1ccc(Cl)cc1)c1cc(Cl)ccc12. The van der Waals surface area contributed by atoms with E-state index in [0.29, 0.717) is 33.3 Å². The number of anilines is 1. The van der Waals surface area contributed by atoms with Crippen LogP contribution in [0.1, 0.15) is 5.56 Å². The minimum absolute atomic E-state index is 0.121. The van der Waals surface area contributed by atoms with E-state index in [1.807, 2.05) is 12.1 Å². The molecule has 0 amide bonds. The fraction of sp³-hybridized carbons (Fsp3) is 0.0455. The van der Waals surface area contributed by atoms with Crippen LogP contribution in [-0.4, -0.2) is 28.2 Å². The molecular weight excluding hydrogens is 469 g/mol. The zero-order valence-electron chi connectivity index (χ0n) is 16.4. The fourth-order valence-corrected chi connectivity index (χ4v) is 4.93. The third kappa shape index (κ3) is 3.66. The average molecular weight is 484 g/mol. The van der Waals surface area contributed by atoms with Crippen LogP contribution in [-0.2, 0) is 16.4 Å². The van der Waals surface area contributed by atoms with Crippen LogP contribution >= 0.6 is 23.2 Å². The van der Waals surface area contributed by atoms with Crippen molar-refractivity contribution in [2.24, 2.45) is 0 Å². The molecule has 7 nitrogen and oxygen atoms in total. The van der Waals surface area contributed by atoms with E-state index in [1.165, 1.54) is 16.6 Å². The van der Waals surface area contributed by atoms with Gasteiger partial charge >= 0.3 is 0 Å². The number of sulfone groups is 1. The summed E-state index contributed by atoms with van der Waals surface area (Å²) in [4.78, 5) is 4.71. The van der Waals surface area contributed by atoms with Crippen LogP contribution in [0.25, 0.3) is 16.6 Å². The van der Waals surface area contributed by atoms with Crippen LogP contribution < -0.4 is 5.32 Å². The van der Waals surface area contributed by atoms with Crippen LogP contribution in [0.3, 0.4) is 0 Å². The molecule has 0 saturated carbocycles. The molecule has 0 bridgehead atoms. The van der Waals surface area contributed by atoms with Gasteiger partial charge in [0, 0.05) is 22.0 Å². The van der Waals surface area contributed by atoms with Gasteiger partial charge in [-0.1, -0.05) is 58.7 Å². The van der Waals surface area contributed by atoms with Crippen molar-refractivity contribution in [2.45, 2.75) is 16.5 Å². The summed E-state index contributed by atoms with van der Waals surface area (Å²) >= 11 is 12.2. The molecule has 160 valence electrons. The van der Waals surface area contributed by atoms with Crippen LogP contribution in [0.15, 0.2) is 82.7 Å². The smallest absolute Gasteiger partial charge is 0.229 e. The fourth-order valence-electron chi connectivity index (χ4n) is 3.38. The molecule has 0 aliphatic carbocycles. The van der Waals surface area contributed by atoms with Gasteiger partial charge in [0.2, 0.25) is 14.9 Å². The van der Waals surface area contributed by atoms with Gasteiger partial charge in [-0.2, -0.15) is 4.52 Å². The Morgan fingerprint density at radius 1 is 0.906 bits per heavy atom. The standard InChI is InChI=1S/C22H15Cl2N5O2S/c23-15-8-6-14(7-9-15)13-25-20-18-12-16(24)10-11-19(18)29-21(26-20)22(27-28-29)32(30,31)17-4-2-1-3-5-17/h1-12H,13H2,(H,25,26). The van der Waals surface area contributed by atoms with Gasteiger partial charge in [0.15, 0.2) is 5.65 Å². The normalized spacial score (nSPS) is 11.8. The minimum atomic E-state index is -3.91. The van der Waals surface area contributed by atoms with E-state index in [2.05, 4.69) is 20.6 Å². The van der Waals surface area contributed by atoms with Gasteiger partial charge in [0.05, 0.1) is 10.4 Å². The molecule has 5 aromatic rings. The summed E-state index contributed by atoms with van der Waals surface area (Å²) in [5.74, 6) is 0.469. The number of benzene rings is 3. The van der Waals surface area contributed by atoms with Crippen LogP contribution in [0.5, 0.6) is 0 Å². The molecule has 2 heterocycles. The first-order chi connectivity index (χ1) is 15.4. The molecule has 5 rings (SSSR count). The molecule has 1 N–H and O–H groups in total. The third-order valence-corrected chi connectivity index (χ3v) is 7.11. The Kier molecular flexibility index (Phi) is 5.21. The summed E-state index contributed by atoms with van der Waals surface area (Å²) in [7, 11) is -3.91. The van der Waals surface area contributed by atoms with Gasteiger partial charge < -0.3 is 5.32 Å². The van der Waals surface area contributed by atoms with Crippen molar-refractivity contribution < 1.29 is 8.42 Å². The number of hydrogen-bond acceptors (Lipinski definition) is 6. The highest BCUT2D eigenvalue weighted by Crippen LogP contribution is 2.30. The first kappa shape index (κ1) is 20.7. The molecular formula is C22H15Cl2N5O2S. The van der Waals surface area contributed by atoms with E-state index >= 15 is 0 Å². The first-order valence-electron chi connectivity index (χ1n) is 9.56. The number of nitrogens with zero attached hydrogens (tertiary/aromatic N) is 4. The molecule has 0 saturated heterocycles. The second-order valence-electron chi connectivity index (χ2n) is 7.05. The van der Waals surface area contributed by atoms with Crippen molar-refractivity contribution in [1.82, 2.24) is 19.8 Å². The van der Waals surface area contributed by atoms with Crippen molar-refractivity contribution in [3.05, 3.63) is 88.4 Å². The third-order valence-electron chi connectivity index (χ3n) is 4.96. The second-order valence-corrected chi connectivity index (χ2v) is 9.79. The molecule has 0 atom stereocenters. The lowest BCUT2D eigenvalue weighted by Crippen LogP contribution is -2.07. The molecule has 0 fully saturated rings.